The summed E-state index contributed by atoms with van der Waals surface area (Å²) in [7, 11) is 0. The highest BCUT2D eigenvalue weighted by Gasteiger charge is 2.16. The Kier molecular flexibility index (Phi) is 4.06. The fourth-order valence-electron chi connectivity index (χ4n) is 1.51. The number of nitrogens with two attached hydrogens (primary N) is 1. The van der Waals surface area contributed by atoms with Crippen molar-refractivity contribution < 1.29 is 4.79 Å². The number of H-pyrrole nitrogens is 1. The first kappa shape index (κ1) is 13.4. The van der Waals surface area contributed by atoms with Gasteiger partial charge in [-0.1, -0.05) is 42.1 Å². The summed E-state index contributed by atoms with van der Waals surface area (Å²) >= 11 is 1.16. The van der Waals surface area contributed by atoms with Crippen LogP contribution in [0.1, 0.15) is 12.5 Å². The van der Waals surface area contributed by atoms with Gasteiger partial charge in [0.1, 0.15) is 0 Å². The number of carbonyl (C=O) groups excluding carboxylic acids is 1. The van der Waals surface area contributed by atoms with Gasteiger partial charge in [-0.15, -0.1) is 5.10 Å². The largest absolute Gasteiger partial charge is 0.369 e. The van der Waals surface area contributed by atoms with Gasteiger partial charge in [-0.05, 0) is 12.5 Å². The van der Waals surface area contributed by atoms with E-state index in [1.165, 1.54) is 4.57 Å². The van der Waals surface area contributed by atoms with E-state index in [0.29, 0.717) is 11.7 Å². The number of carbonyl (C=O) groups is 1. The van der Waals surface area contributed by atoms with Crippen LogP contribution in [0.15, 0.2) is 40.3 Å². The Labute approximate surface area is 114 Å². The van der Waals surface area contributed by atoms with Crippen LogP contribution in [0.3, 0.4) is 0 Å². The fourth-order valence-corrected chi connectivity index (χ4v) is 2.32. The van der Waals surface area contributed by atoms with Crippen LogP contribution in [0.4, 0.5) is 0 Å². The number of nitrogens with zero attached hydrogens (tertiary/aromatic N) is 2. The molecular formula is C12H14N4O2S. The number of aromatic nitrogens is 3. The molecule has 1 aromatic carbocycles. The third-order valence-corrected chi connectivity index (χ3v) is 3.70. The Hall–Kier alpha value is -2.02. The summed E-state index contributed by atoms with van der Waals surface area (Å²) in [6.07, 6.45) is 0. The molecule has 0 saturated heterocycles. The number of rotatable bonds is 5. The summed E-state index contributed by atoms with van der Waals surface area (Å²) in [5.41, 5.74) is 5.89. The van der Waals surface area contributed by atoms with Crippen molar-refractivity contribution in [1.29, 1.82) is 0 Å². The van der Waals surface area contributed by atoms with Gasteiger partial charge in [0.15, 0.2) is 5.16 Å². The molecule has 1 atom stereocenters. The molecule has 0 spiro atoms. The van der Waals surface area contributed by atoms with E-state index in [-0.39, 0.29) is 5.69 Å². The van der Waals surface area contributed by atoms with Crippen LogP contribution in [0.5, 0.6) is 0 Å². The van der Waals surface area contributed by atoms with Gasteiger partial charge in [0, 0.05) is 0 Å². The highest BCUT2D eigenvalue weighted by molar-refractivity contribution is 8.00. The van der Waals surface area contributed by atoms with Crippen LogP contribution in [0.2, 0.25) is 0 Å². The number of nitrogens with one attached hydrogen (secondary N) is 1. The van der Waals surface area contributed by atoms with Gasteiger partial charge < -0.3 is 5.73 Å². The third-order valence-electron chi connectivity index (χ3n) is 2.59. The summed E-state index contributed by atoms with van der Waals surface area (Å²) in [4.78, 5) is 22.8. The lowest BCUT2D eigenvalue weighted by atomic mass is 10.2. The molecule has 6 nitrogen and oxygen atoms in total. The number of aromatic amines is 1. The minimum absolute atomic E-state index is 0.303. The SMILES string of the molecule is C[C@@H](Sc1n[nH]c(=O)n1Cc1ccccc1)C(N)=O. The van der Waals surface area contributed by atoms with E-state index in [2.05, 4.69) is 10.2 Å². The molecular weight excluding hydrogens is 264 g/mol. The molecule has 1 aromatic heterocycles. The van der Waals surface area contributed by atoms with E-state index in [1.54, 1.807) is 6.92 Å². The molecule has 0 bridgehead atoms. The lowest BCUT2D eigenvalue weighted by Crippen LogP contribution is -2.24. The van der Waals surface area contributed by atoms with E-state index >= 15 is 0 Å². The lowest BCUT2D eigenvalue weighted by molar-refractivity contribution is -0.117. The van der Waals surface area contributed by atoms with Gasteiger partial charge in [0.05, 0.1) is 11.8 Å². The number of thioether (sulfide) groups is 1. The van der Waals surface area contributed by atoms with Crippen LogP contribution in [-0.2, 0) is 11.3 Å². The highest BCUT2D eigenvalue weighted by Crippen LogP contribution is 2.19. The van der Waals surface area contributed by atoms with E-state index in [0.717, 1.165) is 17.3 Å². The quantitative estimate of drug-likeness (QED) is 0.782. The molecule has 7 heteroatoms. The molecule has 2 aromatic rings. The maximum absolute atomic E-state index is 11.7. The maximum Gasteiger partial charge on any atom is 0.344 e. The van der Waals surface area contributed by atoms with Crippen molar-refractivity contribution in [2.75, 3.05) is 0 Å². The Morgan fingerprint density at radius 3 is 2.79 bits per heavy atom. The van der Waals surface area contributed by atoms with Gasteiger partial charge in [-0.25, -0.2) is 9.89 Å². The topological polar surface area (TPSA) is 93.8 Å². The summed E-state index contributed by atoms with van der Waals surface area (Å²) < 4.78 is 1.49. The number of hydrogen-bond donors (Lipinski definition) is 2. The van der Waals surface area contributed by atoms with Crippen molar-refractivity contribution in [3.8, 4) is 0 Å². The molecule has 1 heterocycles. The predicted molar refractivity (Wildman–Crippen MR) is 72.9 cm³/mol. The molecule has 0 aliphatic heterocycles. The Bertz CT molecular complexity index is 620. The lowest BCUT2D eigenvalue weighted by Gasteiger charge is -2.08. The minimum atomic E-state index is -0.440. The van der Waals surface area contributed by atoms with Gasteiger partial charge in [0.2, 0.25) is 5.91 Å². The molecule has 0 aliphatic carbocycles. The van der Waals surface area contributed by atoms with Crippen molar-refractivity contribution in [2.24, 2.45) is 5.73 Å². The standard InChI is InChI=1S/C12H14N4O2S/c1-8(10(13)17)19-12-15-14-11(18)16(12)7-9-5-3-2-4-6-9/h2-6,8H,7H2,1H3,(H2,13,17)(H,14,18)/t8-/m1/s1. The highest BCUT2D eigenvalue weighted by atomic mass is 32.2. The van der Waals surface area contributed by atoms with Crippen molar-refractivity contribution >= 4 is 17.7 Å². The average Bonchev–Trinajstić information content (AvgIpc) is 2.72. The zero-order valence-corrected chi connectivity index (χ0v) is 11.2. The second kappa shape index (κ2) is 5.75. The fraction of sp³-hybridized carbons (Fsp3) is 0.250. The molecule has 0 unspecified atom stereocenters. The number of primary amides is 1. The molecule has 2 rings (SSSR count). The average molecular weight is 278 g/mol. The molecule has 0 radical (unpaired) electrons. The molecule has 19 heavy (non-hydrogen) atoms. The smallest absolute Gasteiger partial charge is 0.344 e. The molecule has 0 fully saturated rings. The van der Waals surface area contributed by atoms with Crippen LogP contribution in [0.25, 0.3) is 0 Å². The maximum atomic E-state index is 11.7. The molecule has 0 aliphatic rings. The number of benzene rings is 1. The monoisotopic (exact) mass is 278 g/mol. The number of hydrogen-bond acceptors (Lipinski definition) is 4. The first-order valence-corrected chi connectivity index (χ1v) is 6.61. The third kappa shape index (κ3) is 3.25. The number of amides is 1. The van der Waals surface area contributed by atoms with E-state index in [1.807, 2.05) is 30.3 Å². The predicted octanol–water partition coefficient (Wildman–Crippen LogP) is 0.586. The second-order valence-electron chi connectivity index (χ2n) is 4.05. The summed E-state index contributed by atoms with van der Waals surface area (Å²) in [5.74, 6) is -0.438. The zero-order chi connectivity index (χ0) is 13.8. The van der Waals surface area contributed by atoms with Gasteiger partial charge >= 0.3 is 5.69 Å². The van der Waals surface area contributed by atoms with Gasteiger partial charge in [-0.3, -0.25) is 9.36 Å². The van der Waals surface area contributed by atoms with E-state index < -0.39 is 11.2 Å². The van der Waals surface area contributed by atoms with Crippen molar-refractivity contribution in [3.63, 3.8) is 0 Å². The van der Waals surface area contributed by atoms with Crippen LogP contribution >= 0.6 is 11.8 Å². The first-order chi connectivity index (χ1) is 9.08. The Balaban J connectivity index is 2.23. The van der Waals surface area contributed by atoms with Crippen LogP contribution < -0.4 is 11.4 Å². The normalized spacial score (nSPS) is 12.3. The Morgan fingerprint density at radius 2 is 2.16 bits per heavy atom. The van der Waals surface area contributed by atoms with Gasteiger partial charge in [-0.2, -0.15) is 0 Å². The van der Waals surface area contributed by atoms with E-state index in [9.17, 15) is 9.59 Å². The van der Waals surface area contributed by atoms with Crippen LogP contribution in [0, 0.1) is 0 Å². The summed E-state index contributed by atoms with van der Waals surface area (Å²) in [5, 5.41) is 6.32. The second-order valence-corrected chi connectivity index (χ2v) is 5.35. The summed E-state index contributed by atoms with van der Waals surface area (Å²) in [6.45, 7) is 2.09. The first-order valence-electron chi connectivity index (χ1n) is 5.73. The Morgan fingerprint density at radius 1 is 1.47 bits per heavy atom. The van der Waals surface area contributed by atoms with Crippen LogP contribution in [-0.4, -0.2) is 25.9 Å². The molecule has 0 saturated carbocycles. The van der Waals surface area contributed by atoms with Crippen molar-refractivity contribution in [2.45, 2.75) is 23.9 Å². The molecule has 3 N–H and O–H groups in total. The summed E-state index contributed by atoms with van der Waals surface area (Å²) in [6, 6.07) is 9.56. The minimum Gasteiger partial charge on any atom is -0.369 e. The zero-order valence-electron chi connectivity index (χ0n) is 10.4. The molecule has 100 valence electrons. The van der Waals surface area contributed by atoms with Gasteiger partial charge in [0.25, 0.3) is 0 Å². The van der Waals surface area contributed by atoms with Crippen molar-refractivity contribution in [1.82, 2.24) is 14.8 Å². The van der Waals surface area contributed by atoms with Crippen molar-refractivity contribution in [3.05, 3.63) is 46.4 Å². The van der Waals surface area contributed by atoms with E-state index in [4.69, 9.17) is 5.73 Å². The molecule has 1 amide bonds.